The lowest BCUT2D eigenvalue weighted by Crippen LogP contribution is -2.30. The molecule has 0 bridgehead atoms. The van der Waals surface area contributed by atoms with Crippen molar-refractivity contribution in [3.05, 3.63) is 5.82 Å². The Morgan fingerprint density at radius 2 is 2.17 bits per heavy atom. The third-order valence-corrected chi connectivity index (χ3v) is 2.39. The molecule has 0 amide bonds. The number of carboxylic acids is 1. The normalized spacial score (nSPS) is 11.7. The van der Waals surface area contributed by atoms with E-state index in [2.05, 4.69) is 15.5 Å². The van der Waals surface area contributed by atoms with Crippen LogP contribution in [-0.2, 0) is 27.4 Å². The zero-order valence-corrected chi connectivity index (χ0v) is 10.8. The van der Waals surface area contributed by atoms with Crippen LogP contribution >= 0.6 is 0 Å². The van der Waals surface area contributed by atoms with Gasteiger partial charge in [-0.2, -0.15) is 0 Å². The molecule has 0 unspecified atom stereocenters. The van der Waals surface area contributed by atoms with Gasteiger partial charge in [-0.15, -0.1) is 5.10 Å². The average Bonchev–Trinajstić information content (AvgIpc) is 2.71. The number of carboxylic acid groups (broad SMARTS) is 1. The van der Waals surface area contributed by atoms with Crippen molar-refractivity contribution in [3.8, 4) is 0 Å². The maximum atomic E-state index is 11.0. The minimum Gasteiger partial charge on any atom is -0.481 e. The first-order valence-electron chi connectivity index (χ1n) is 5.52. The van der Waals surface area contributed by atoms with E-state index >= 15 is 0 Å². The molecule has 8 nitrogen and oxygen atoms in total. The lowest BCUT2D eigenvalue weighted by molar-refractivity contribution is -0.147. The molecule has 1 heterocycles. The van der Waals surface area contributed by atoms with Crippen LogP contribution in [0.2, 0.25) is 0 Å². The van der Waals surface area contributed by atoms with Crippen LogP contribution < -0.4 is 0 Å². The quantitative estimate of drug-likeness (QED) is 0.652. The zero-order chi connectivity index (χ0) is 13.6. The summed E-state index contributed by atoms with van der Waals surface area (Å²) in [4.78, 5) is 11.0. The fourth-order valence-corrected chi connectivity index (χ4v) is 1.20. The number of tetrazole rings is 1. The molecule has 1 aromatic rings. The molecule has 0 aliphatic heterocycles. The van der Waals surface area contributed by atoms with Crippen molar-refractivity contribution in [2.24, 2.45) is 5.41 Å². The van der Waals surface area contributed by atoms with Crippen molar-refractivity contribution in [2.75, 3.05) is 20.3 Å². The van der Waals surface area contributed by atoms with E-state index in [9.17, 15) is 4.79 Å². The fraction of sp³-hybridized carbons (Fsp3) is 0.800. The Balaban J connectivity index is 2.57. The maximum absolute atomic E-state index is 11.0. The Kier molecular flexibility index (Phi) is 5.17. The number of methoxy groups -OCH3 is 1. The molecule has 0 atom stereocenters. The van der Waals surface area contributed by atoms with Gasteiger partial charge in [-0.05, 0) is 24.3 Å². The first-order chi connectivity index (χ1) is 8.47. The molecule has 102 valence electrons. The van der Waals surface area contributed by atoms with Crippen molar-refractivity contribution >= 4 is 5.97 Å². The highest BCUT2D eigenvalue weighted by atomic mass is 16.5. The summed E-state index contributed by atoms with van der Waals surface area (Å²) in [6.07, 6.45) is 0. The van der Waals surface area contributed by atoms with Crippen LogP contribution in [0.4, 0.5) is 0 Å². The van der Waals surface area contributed by atoms with Crippen molar-refractivity contribution in [1.29, 1.82) is 0 Å². The van der Waals surface area contributed by atoms with E-state index in [0.717, 1.165) is 0 Å². The average molecular weight is 258 g/mol. The summed E-state index contributed by atoms with van der Waals surface area (Å²) in [5, 5.41) is 20.1. The van der Waals surface area contributed by atoms with Crippen molar-refractivity contribution < 1.29 is 19.4 Å². The Bertz CT molecular complexity index is 391. The summed E-state index contributed by atoms with van der Waals surface area (Å²) in [6.45, 7) is 4.58. The number of aliphatic carboxylic acids is 1. The molecule has 0 aliphatic carbocycles. The SMILES string of the molecule is COCCOCc1nnnn1CC(C)(C)C(=O)O. The van der Waals surface area contributed by atoms with Gasteiger partial charge in [0.05, 0.1) is 25.2 Å². The fourth-order valence-electron chi connectivity index (χ4n) is 1.20. The minimum atomic E-state index is -0.934. The molecule has 1 rings (SSSR count). The van der Waals surface area contributed by atoms with Gasteiger partial charge in [-0.1, -0.05) is 0 Å². The number of hydrogen-bond donors (Lipinski definition) is 1. The van der Waals surface area contributed by atoms with Crippen LogP contribution in [0, 0.1) is 5.41 Å². The van der Waals surface area contributed by atoms with Crippen LogP contribution in [0.15, 0.2) is 0 Å². The summed E-state index contributed by atoms with van der Waals surface area (Å²) in [6, 6.07) is 0. The molecule has 0 radical (unpaired) electrons. The summed E-state index contributed by atoms with van der Waals surface area (Å²) >= 11 is 0. The topological polar surface area (TPSA) is 99.4 Å². The van der Waals surface area contributed by atoms with Crippen LogP contribution in [0.1, 0.15) is 19.7 Å². The lowest BCUT2D eigenvalue weighted by Gasteiger charge is -2.18. The predicted octanol–water partition coefficient (Wildman–Crippen LogP) is -0.0531. The monoisotopic (exact) mass is 258 g/mol. The van der Waals surface area contributed by atoms with Gasteiger partial charge in [0.1, 0.15) is 6.61 Å². The third-order valence-electron chi connectivity index (χ3n) is 2.39. The van der Waals surface area contributed by atoms with Crippen molar-refractivity contribution in [3.63, 3.8) is 0 Å². The predicted molar refractivity (Wildman–Crippen MR) is 60.8 cm³/mol. The lowest BCUT2D eigenvalue weighted by atomic mass is 9.94. The van der Waals surface area contributed by atoms with Gasteiger partial charge in [-0.25, -0.2) is 4.68 Å². The summed E-state index contributed by atoms with van der Waals surface area (Å²) in [5.74, 6) is -0.398. The molecule has 0 saturated carbocycles. The molecule has 0 aromatic carbocycles. The summed E-state index contributed by atoms with van der Waals surface area (Å²) < 4.78 is 11.6. The van der Waals surface area contributed by atoms with E-state index < -0.39 is 11.4 Å². The van der Waals surface area contributed by atoms with Crippen LogP contribution in [0.5, 0.6) is 0 Å². The van der Waals surface area contributed by atoms with E-state index in [4.69, 9.17) is 14.6 Å². The van der Waals surface area contributed by atoms with Crippen LogP contribution in [0.25, 0.3) is 0 Å². The molecule has 0 fully saturated rings. The Morgan fingerprint density at radius 3 is 2.78 bits per heavy atom. The Hall–Kier alpha value is -1.54. The smallest absolute Gasteiger partial charge is 0.310 e. The number of rotatable bonds is 8. The van der Waals surface area contributed by atoms with E-state index in [1.807, 2.05) is 0 Å². The molecule has 8 heteroatoms. The highest BCUT2D eigenvalue weighted by Crippen LogP contribution is 2.18. The highest BCUT2D eigenvalue weighted by molar-refractivity contribution is 5.73. The Morgan fingerprint density at radius 1 is 1.44 bits per heavy atom. The standard InChI is InChI=1S/C10H18N4O4/c1-10(2,9(15)16)7-14-8(11-12-13-14)6-18-5-4-17-3/h4-7H2,1-3H3,(H,15,16). The van der Waals surface area contributed by atoms with Gasteiger partial charge in [-0.3, -0.25) is 4.79 Å². The largest absolute Gasteiger partial charge is 0.481 e. The molecular formula is C10H18N4O4. The number of hydrogen-bond acceptors (Lipinski definition) is 6. The van der Waals surface area contributed by atoms with Gasteiger partial charge >= 0.3 is 5.97 Å². The first-order valence-corrected chi connectivity index (χ1v) is 5.52. The zero-order valence-electron chi connectivity index (χ0n) is 10.8. The minimum absolute atomic E-state index is 0.193. The molecule has 0 spiro atoms. The molecule has 1 N–H and O–H groups in total. The summed E-state index contributed by atoms with van der Waals surface area (Å²) in [7, 11) is 1.59. The number of aromatic nitrogens is 4. The van der Waals surface area contributed by atoms with Gasteiger partial charge in [0, 0.05) is 7.11 Å². The molecule has 1 aromatic heterocycles. The van der Waals surface area contributed by atoms with Gasteiger partial charge in [0.2, 0.25) is 0 Å². The number of carbonyl (C=O) groups is 1. The Labute approximate surface area is 105 Å². The number of nitrogens with zero attached hydrogens (tertiary/aromatic N) is 4. The first kappa shape index (κ1) is 14.5. The molecular weight excluding hydrogens is 240 g/mol. The summed E-state index contributed by atoms with van der Waals surface area (Å²) in [5.41, 5.74) is -0.934. The third kappa shape index (κ3) is 4.04. The molecule has 18 heavy (non-hydrogen) atoms. The number of ether oxygens (including phenoxy) is 2. The van der Waals surface area contributed by atoms with Crippen LogP contribution in [0.3, 0.4) is 0 Å². The van der Waals surface area contributed by atoms with Crippen molar-refractivity contribution in [1.82, 2.24) is 20.2 Å². The van der Waals surface area contributed by atoms with Gasteiger partial charge < -0.3 is 14.6 Å². The molecule has 0 saturated heterocycles. The van der Waals surface area contributed by atoms with E-state index in [1.54, 1.807) is 21.0 Å². The second-order valence-corrected chi connectivity index (χ2v) is 4.49. The molecule has 0 aliphatic rings. The van der Waals surface area contributed by atoms with E-state index in [0.29, 0.717) is 19.0 Å². The van der Waals surface area contributed by atoms with Crippen LogP contribution in [-0.4, -0.2) is 51.6 Å². The van der Waals surface area contributed by atoms with E-state index in [1.165, 1.54) is 4.68 Å². The van der Waals surface area contributed by atoms with Crippen molar-refractivity contribution in [2.45, 2.75) is 27.0 Å². The van der Waals surface area contributed by atoms with Gasteiger partial charge in [0.25, 0.3) is 0 Å². The maximum Gasteiger partial charge on any atom is 0.310 e. The highest BCUT2D eigenvalue weighted by Gasteiger charge is 2.29. The second kappa shape index (κ2) is 6.41. The van der Waals surface area contributed by atoms with Gasteiger partial charge in [0.15, 0.2) is 5.82 Å². The van der Waals surface area contributed by atoms with E-state index in [-0.39, 0.29) is 13.2 Å². The second-order valence-electron chi connectivity index (χ2n) is 4.49.